The van der Waals surface area contributed by atoms with Gasteiger partial charge in [0.2, 0.25) is 0 Å². The molecule has 2 aromatic rings. The first kappa shape index (κ1) is 11.9. The van der Waals surface area contributed by atoms with Crippen LogP contribution in [0.25, 0.3) is 10.9 Å². The number of hydrogen-bond acceptors (Lipinski definition) is 5. The minimum Gasteiger partial charge on any atom is -0.387 e. The van der Waals surface area contributed by atoms with Gasteiger partial charge in [0.1, 0.15) is 17.4 Å². The summed E-state index contributed by atoms with van der Waals surface area (Å²) < 4.78 is 37.7. The molecule has 1 saturated carbocycles. The van der Waals surface area contributed by atoms with Gasteiger partial charge >= 0.3 is 0 Å². The fraction of sp³-hybridized carbons (Fsp3) is 0.375. The summed E-state index contributed by atoms with van der Waals surface area (Å²) in [6.07, 6.45) is -0.245. The highest BCUT2D eigenvalue weighted by atomic mass is 19.1. The van der Waals surface area contributed by atoms with Crippen molar-refractivity contribution in [1.82, 2.24) is 9.55 Å². The molecule has 0 saturated heterocycles. The molecule has 1 fully saturated rings. The van der Waals surface area contributed by atoms with Crippen molar-refractivity contribution in [2.45, 2.75) is 32.2 Å². The first-order valence-electron chi connectivity index (χ1n) is 8.62. The number of Topliss-reactive ketones (excluding diaryl/α,β-unsaturated/α-hetero) is 2. The average Bonchev–Trinajstić information content (AvgIpc) is 2.53. The Balaban J connectivity index is 2.38. The standard InChI is InChI=1S/C16H16FN3O3/c1-8-19-12-6-9(17)5-11(18-2)15(12)16(23)20(8)13-4-3-10(21)7-14(13)22/h5-6,13,18H,3-4,7H2,1-2H3/t13-/m0/s1/i1D3. The van der Waals surface area contributed by atoms with Crippen LogP contribution < -0.4 is 10.9 Å². The summed E-state index contributed by atoms with van der Waals surface area (Å²) in [6.45, 7) is -2.79. The molecule has 0 aliphatic heterocycles. The van der Waals surface area contributed by atoms with Gasteiger partial charge in [0, 0.05) is 23.6 Å². The number of rotatable bonds is 2. The first-order chi connectivity index (χ1) is 12.1. The molecule has 7 heteroatoms. The first-order valence-corrected chi connectivity index (χ1v) is 7.12. The van der Waals surface area contributed by atoms with Crippen molar-refractivity contribution < 1.29 is 18.1 Å². The van der Waals surface area contributed by atoms with Crippen LogP contribution in [0.15, 0.2) is 16.9 Å². The van der Waals surface area contributed by atoms with E-state index in [1.54, 1.807) is 0 Å². The van der Waals surface area contributed by atoms with E-state index in [4.69, 9.17) is 4.11 Å². The van der Waals surface area contributed by atoms with Gasteiger partial charge in [-0.2, -0.15) is 0 Å². The van der Waals surface area contributed by atoms with Gasteiger partial charge in [-0.15, -0.1) is 0 Å². The maximum atomic E-state index is 13.8. The second kappa shape index (κ2) is 5.57. The normalized spacial score (nSPS) is 21.0. The van der Waals surface area contributed by atoms with Crippen molar-refractivity contribution in [2.75, 3.05) is 12.4 Å². The van der Waals surface area contributed by atoms with E-state index in [1.807, 2.05) is 0 Å². The van der Waals surface area contributed by atoms with Crippen LogP contribution in [0.3, 0.4) is 0 Å². The Hall–Kier alpha value is -2.57. The monoisotopic (exact) mass is 320 g/mol. The van der Waals surface area contributed by atoms with Crippen molar-refractivity contribution >= 4 is 28.2 Å². The van der Waals surface area contributed by atoms with Crippen LogP contribution in [0.4, 0.5) is 10.1 Å². The fourth-order valence-corrected chi connectivity index (χ4v) is 2.91. The lowest BCUT2D eigenvalue weighted by Gasteiger charge is -2.24. The third kappa shape index (κ3) is 2.52. The Morgan fingerprint density at radius 3 is 2.83 bits per heavy atom. The molecule has 0 spiro atoms. The summed E-state index contributed by atoms with van der Waals surface area (Å²) in [5.74, 6) is -2.04. The summed E-state index contributed by atoms with van der Waals surface area (Å²) in [5.41, 5.74) is -0.720. The molecule has 3 rings (SSSR count). The molecule has 0 bridgehead atoms. The molecule has 1 N–H and O–H groups in total. The number of nitrogens with zero attached hydrogens (tertiary/aromatic N) is 2. The zero-order chi connectivity index (χ0) is 19.2. The lowest BCUT2D eigenvalue weighted by atomic mass is 9.92. The molecular weight excluding hydrogens is 301 g/mol. The molecule has 120 valence electrons. The van der Waals surface area contributed by atoms with E-state index < -0.39 is 35.9 Å². The maximum absolute atomic E-state index is 13.8. The number of carbonyl (C=O) groups excluding carboxylic acids is 2. The number of carbonyl (C=O) groups is 2. The average molecular weight is 320 g/mol. The molecule has 23 heavy (non-hydrogen) atoms. The highest BCUT2D eigenvalue weighted by molar-refractivity contribution is 6.03. The van der Waals surface area contributed by atoms with Crippen LogP contribution in [0, 0.1) is 12.7 Å². The fourth-order valence-electron chi connectivity index (χ4n) is 2.91. The van der Waals surface area contributed by atoms with E-state index in [2.05, 4.69) is 10.3 Å². The molecule has 0 amide bonds. The number of halogens is 1. The summed E-state index contributed by atoms with van der Waals surface area (Å²) in [5, 5.41) is 2.68. The van der Waals surface area contributed by atoms with E-state index in [0.29, 0.717) is 0 Å². The van der Waals surface area contributed by atoms with Gasteiger partial charge in [0.25, 0.3) is 5.56 Å². The quantitative estimate of drug-likeness (QED) is 0.853. The van der Waals surface area contributed by atoms with Gasteiger partial charge in [-0.1, -0.05) is 0 Å². The number of hydrogen-bond donors (Lipinski definition) is 1. The van der Waals surface area contributed by atoms with E-state index in [1.165, 1.54) is 7.05 Å². The highest BCUT2D eigenvalue weighted by Gasteiger charge is 2.31. The van der Waals surface area contributed by atoms with Crippen molar-refractivity contribution in [3.8, 4) is 0 Å². The summed E-state index contributed by atoms with van der Waals surface area (Å²) in [7, 11) is 1.49. The van der Waals surface area contributed by atoms with Gasteiger partial charge in [-0.25, -0.2) is 9.37 Å². The van der Waals surface area contributed by atoms with Crippen LogP contribution in [-0.2, 0) is 9.59 Å². The summed E-state index contributed by atoms with van der Waals surface area (Å²) in [4.78, 5) is 40.9. The molecule has 1 atom stereocenters. The number of benzene rings is 1. The zero-order valence-corrected chi connectivity index (χ0v) is 12.4. The highest BCUT2D eigenvalue weighted by Crippen LogP contribution is 2.26. The Kier molecular flexibility index (Phi) is 2.89. The Bertz CT molecular complexity index is 985. The molecule has 1 aromatic heterocycles. The number of anilines is 1. The topological polar surface area (TPSA) is 81.1 Å². The van der Waals surface area contributed by atoms with Crippen LogP contribution in [0.2, 0.25) is 0 Å². The molecule has 1 aliphatic rings. The van der Waals surface area contributed by atoms with Crippen molar-refractivity contribution in [3.05, 3.63) is 34.1 Å². The second-order valence-corrected chi connectivity index (χ2v) is 5.44. The Labute approximate surface area is 135 Å². The van der Waals surface area contributed by atoms with E-state index in [0.717, 1.165) is 16.7 Å². The smallest absolute Gasteiger partial charge is 0.264 e. The maximum Gasteiger partial charge on any atom is 0.264 e. The zero-order valence-electron chi connectivity index (χ0n) is 15.4. The Morgan fingerprint density at radius 2 is 2.17 bits per heavy atom. The number of ketones is 2. The van der Waals surface area contributed by atoms with Crippen LogP contribution in [0.1, 0.15) is 35.2 Å². The number of aryl methyl sites for hydroxylation is 1. The van der Waals surface area contributed by atoms with E-state index in [-0.39, 0.29) is 41.6 Å². The third-order valence-corrected chi connectivity index (χ3v) is 3.99. The lowest BCUT2D eigenvalue weighted by Crippen LogP contribution is -2.36. The predicted molar refractivity (Wildman–Crippen MR) is 83.1 cm³/mol. The van der Waals surface area contributed by atoms with Gasteiger partial charge < -0.3 is 5.32 Å². The van der Waals surface area contributed by atoms with E-state index in [9.17, 15) is 18.8 Å². The predicted octanol–water partition coefficient (Wildman–Crippen LogP) is 1.75. The largest absolute Gasteiger partial charge is 0.387 e. The second-order valence-electron chi connectivity index (χ2n) is 5.44. The van der Waals surface area contributed by atoms with Gasteiger partial charge in [0.05, 0.1) is 29.1 Å². The molecule has 1 aliphatic carbocycles. The molecule has 0 radical (unpaired) electrons. The van der Waals surface area contributed by atoms with Crippen molar-refractivity contribution in [1.29, 1.82) is 0 Å². The van der Waals surface area contributed by atoms with E-state index >= 15 is 0 Å². The minimum absolute atomic E-state index is 0.00778. The molecule has 1 aromatic carbocycles. The number of nitrogens with one attached hydrogen (secondary N) is 1. The van der Waals surface area contributed by atoms with Crippen LogP contribution >= 0.6 is 0 Å². The summed E-state index contributed by atoms with van der Waals surface area (Å²) >= 11 is 0. The van der Waals surface area contributed by atoms with Crippen molar-refractivity contribution in [3.63, 3.8) is 0 Å². The van der Waals surface area contributed by atoms with Gasteiger partial charge in [-0.05, 0) is 19.3 Å². The minimum atomic E-state index is -2.79. The molecule has 6 nitrogen and oxygen atoms in total. The number of aromatic nitrogens is 2. The SMILES string of the molecule is [2H]C([2H])([2H])c1nc2cc(F)cc(NC)c2c(=O)n1[C@H]1CCC(=O)CC1=O. The molecule has 0 unspecified atom stereocenters. The van der Waals surface area contributed by atoms with Gasteiger partial charge in [-0.3, -0.25) is 19.0 Å². The van der Waals surface area contributed by atoms with Gasteiger partial charge in [0.15, 0.2) is 5.78 Å². The number of fused-ring (bicyclic) bond motifs is 1. The van der Waals surface area contributed by atoms with Crippen LogP contribution in [0.5, 0.6) is 0 Å². The summed E-state index contributed by atoms with van der Waals surface area (Å²) in [6, 6.07) is 0.989. The molecular formula is C16H16FN3O3. The van der Waals surface area contributed by atoms with Crippen molar-refractivity contribution in [2.24, 2.45) is 0 Å². The lowest BCUT2D eigenvalue weighted by molar-refractivity contribution is -0.132. The third-order valence-electron chi connectivity index (χ3n) is 3.99. The Morgan fingerprint density at radius 1 is 1.39 bits per heavy atom. The van der Waals surface area contributed by atoms with Crippen LogP contribution in [-0.4, -0.2) is 28.2 Å². The molecule has 1 heterocycles.